The first-order chi connectivity index (χ1) is 14.2. The SMILES string of the molecule is C[C@@H](Oc1ccccc1F)C(=O)N(Cc1ccc(N(C)C)cc1)[C@@H]1CCS(=O)(=O)C1. The molecule has 1 fully saturated rings. The molecule has 0 bridgehead atoms. The van der Waals surface area contributed by atoms with Crippen molar-refractivity contribution in [2.75, 3.05) is 30.5 Å². The smallest absolute Gasteiger partial charge is 0.263 e. The number of carbonyl (C=O) groups excluding carboxylic acids is 1. The van der Waals surface area contributed by atoms with Crippen molar-refractivity contribution in [3.63, 3.8) is 0 Å². The lowest BCUT2D eigenvalue weighted by atomic mass is 10.1. The lowest BCUT2D eigenvalue weighted by Crippen LogP contribution is -2.46. The van der Waals surface area contributed by atoms with Crippen LogP contribution in [-0.2, 0) is 21.2 Å². The van der Waals surface area contributed by atoms with Crippen LogP contribution >= 0.6 is 0 Å². The Balaban J connectivity index is 1.81. The molecule has 0 N–H and O–H groups in total. The molecule has 0 spiro atoms. The molecule has 1 heterocycles. The number of hydrogen-bond donors (Lipinski definition) is 0. The van der Waals surface area contributed by atoms with E-state index >= 15 is 0 Å². The molecule has 2 aromatic rings. The van der Waals surface area contributed by atoms with Crippen LogP contribution in [0.25, 0.3) is 0 Å². The fourth-order valence-electron chi connectivity index (χ4n) is 3.52. The third-order valence-electron chi connectivity index (χ3n) is 5.23. The summed E-state index contributed by atoms with van der Waals surface area (Å²) in [6, 6.07) is 13.2. The van der Waals surface area contributed by atoms with Crippen molar-refractivity contribution in [2.45, 2.75) is 32.0 Å². The molecule has 0 saturated carbocycles. The van der Waals surface area contributed by atoms with Crippen molar-refractivity contribution in [3.8, 4) is 5.75 Å². The summed E-state index contributed by atoms with van der Waals surface area (Å²) < 4.78 is 43.5. The Hall–Kier alpha value is -2.61. The van der Waals surface area contributed by atoms with E-state index in [0.717, 1.165) is 11.3 Å². The van der Waals surface area contributed by atoms with Crippen LogP contribution in [0.2, 0.25) is 0 Å². The summed E-state index contributed by atoms with van der Waals surface area (Å²) in [6.45, 7) is 1.82. The van der Waals surface area contributed by atoms with Gasteiger partial charge < -0.3 is 14.5 Å². The molecule has 2 atom stereocenters. The third-order valence-corrected chi connectivity index (χ3v) is 6.98. The summed E-state index contributed by atoms with van der Waals surface area (Å²) in [7, 11) is 0.704. The largest absolute Gasteiger partial charge is 0.478 e. The van der Waals surface area contributed by atoms with E-state index in [-0.39, 0.29) is 29.7 Å². The Labute approximate surface area is 177 Å². The molecular formula is C22H27FN2O4S. The zero-order valence-corrected chi connectivity index (χ0v) is 18.2. The molecule has 1 aliphatic rings. The number of amides is 1. The highest BCUT2D eigenvalue weighted by Crippen LogP contribution is 2.24. The van der Waals surface area contributed by atoms with E-state index in [2.05, 4.69) is 0 Å². The minimum absolute atomic E-state index is 0.00678. The van der Waals surface area contributed by atoms with Gasteiger partial charge in [-0.15, -0.1) is 0 Å². The third kappa shape index (κ3) is 5.30. The van der Waals surface area contributed by atoms with Crippen molar-refractivity contribution in [1.29, 1.82) is 0 Å². The monoisotopic (exact) mass is 434 g/mol. The fraction of sp³-hybridized carbons (Fsp3) is 0.409. The van der Waals surface area contributed by atoms with Crippen molar-refractivity contribution in [2.24, 2.45) is 0 Å². The van der Waals surface area contributed by atoms with Gasteiger partial charge in [-0.2, -0.15) is 0 Å². The summed E-state index contributed by atoms with van der Waals surface area (Å²) in [6.07, 6.45) is -0.567. The molecule has 2 aromatic carbocycles. The van der Waals surface area contributed by atoms with Gasteiger partial charge in [-0.1, -0.05) is 24.3 Å². The maximum absolute atomic E-state index is 13.9. The van der Waals surface area contributed by atoms with Crippen molar-refractivity contribution < 1.29 is 22.3 Å². The number of carbonyl (C=O) groups is 1. The number of ether oxygens (including phenoxy) is 1. The van der Waals surface area contributed by atoms with Crippen LogP contribution in [0, 0.1) is 5.82 Å². The van der Waals surface area contributed by atoms with Crippen LogP contribution in [0.15, 0.2) is 48.5 Å². The van der Waals surface area contributed by atoms with Gasteiger partial charge in [0, 0.05) is 32.4 Å². The van der Waals surface area contributed by atoms with Crippen LogP contribution < -0.4 is 9.64 Å². The normalized spacial score (nSPS) is 18.6. The Kier molecular flexibility index (Phi) is 6.65. The van der Waals surface area contributed by atoms with Crippen LogP contribution in [0.3, 0.4) is 0 Å². The highest BCUT2D eigenvalue weighted by atomic mass is 32.2. The van der Waals surface area contributed by atoms with E-state index < -0.39 is 27.8 Å². The molecule has 1 amide bonds. The molecule has 1 aliphatic heterocycles. The topological polar surface area (TPSA) is 66.9 Å². The van der Waals surface area contributed by atoms with Gasteiger partial charge >= 0.3 is 0 Å². The van der Waals surface area contributed by atoms with E-state index in [4.69, 9.17) is 4.74 Å². The number of halogens is 1. The highest BCUT2D eigenvalue weighted by Gasteiger charge is 2.36. The zero-order chi connectivity index (χ0) is 21.9. The van der Waals surface area contributed by atoms with Gasteiger partial charge in [0.1, 0.15) is 0 Å². The summed E-state index contributed by atoms with van der Waals surface area (Å²) >= 11 is 0. The van der Waals surface area contributed by atoms with E-state index in [1.54, 1.807) is 24.0 Å². The average Bonchev–Trinajstić information content (AvgIpc) is 3.07. The average molecular weight is 435 g/mol. The second kappa shape index (κ2) is 9.04. The number of hydrogen-bond acceptors (Lipinski definition) is 5. The lowest BCUT2D eigenvalue weighted by molar-refractivity contribution is -0.140. The predicted octanol–water partition coefficient (Wildman–Crippen LogP) is 2.87. The minimum atomic E-state index is -3.18. The number of benzene rings is 2. The first-order valence-corrected chi connectivity index (χ1v) is 11.7. The summed E-state index contributed by atoms with van der Waals surface area (Å²) in [4.78, 5) is 16.7. The van der Waals surface area contributed by atoms with Gasteiger partial charge in [-0.3, -0.25) is 4.79 Å². The standard InChI is InChI=1S/C22H27FN2O4S/c1-16(29-21-7-5-4-6-20(21)23)22(26)25(19-12-13-30(27,28)15-19)14-17-8-10-18(11-9-17)24(2)3/h4-11,16,19H,12-15H2,1-3H3/t16-,19-/m1/s1. The molecule has 1 saturated heterocycles. The summed E-state index contributed by atoms with van der Waals surface area (Å²) in [5.41, 5.74) is 1.91. The van der Waals surface area contributed by atoms with Crippen molar-refractivity contribution in [3.05, 3.63) is 59.9 Å². The van der Waals surface area contributed by atoms with Crippen molar-refractivity contribution >= 4 is 21.4 Å². The molecule has 162 valence electrons. The maximum Gasteiger partial charge on any atom is 0.263 e. The van der Waals surface area contributed by atoms with Crippen LogP contribution in [0.4, 0.5) is 10.1 Å². The number of sulfone groups is 1. The molecule has 0 unspecified atom stereocenters. The van der Waals surface area contributed by atoms with Gasteiger partial charge in [-0.05, 0) is 43.2 Å². The molecule has 3 rings (SSSR count). The van der Waals surface area contributed by atoms with Gasteiger partial charge in [0.05, 0.1) is 11.5 Å². The van der Waals surface area contributed by atoms with Gasteiger partial charge in [-0.25, -0.2) is 12.8 Å². The first kappa shape index (κ1) is 22.1. The molecule has 0 aliphatic carbocycles. The number of rotatable bonds is 7. The molecular weight excluding hydrogens is 407 g/mol. The first-order valence-electron chi connectivity index (χ1n) is 9.84. The Morgan fingerprint density at radius 1 is 1.17 bits per heavy atom. The van der Waals surface area contributed by atoms with Crippen molar-refractivity contribution in [1.82, 2.24) is 4.90 Å². The quantitative estimate of drug-likeness (QED) is 0.670. The number of nitrogens with zero attached hydrogens (tertiary/aromatic N) is 2. The highest BCUT2D eigenvalue weighted by molar-refractivity contribution is 7.91. The molecule has 6 nitrogen and oxygen atoms in total. The minimum Gasteiger partial charge on any atom is -0.478 e. The van der Waals surface area contributed by atoms with Crippen LogP contribution in [-0.4, -0.2) is 57.0 Å². The molecule has 8 heteroatoms. The van der Waals surface area contributed by atoms with E-state index in [1.807, 2.05) is 43.3 Å². The van der Waals surface area contributed by atoms with Gasteiger partial charge in [0.15, 0.2) is 27.5 Å². The number of para-hydroxylation sites is 1. The molecule has 0 aromatic heterocycles. The second-order valence-corrected chi connectivity index (χ2v) is 10.0. The molecule has 0 radical (unpaired) electrons. The van der Waals surface area contributed by atoms with E-state index in [0.29, 0.717) is 6.42 Å². The Morgan fingerprint density at radius 3 is 2.40 bits per heavy atom. The van der Waals surface area contributed by atoms with Gasteiger partial charge in [0.25, 0.3) is 5.91 Å². The predicted molar refractivity (Wildman–Crippen MR) is 115 cm³/mol. The molecule has 30 heavy (non-hydrogen) atoms. The number of anilines is 1. The summed E-state index contributed by atoms with van der Waals surface area (Å²) in [5.74, 6) is -0.930. The second-order valence-electron chi connectivity index (χ2n) is 7.77. The lowest BCUT2D eigenvalue weighted by Gasteiger charge is -2.31. The fourth-order valence-corrected chi connectivity index (χ4v) is 5.25. The van der Waals surface area contributed by atoms with Crippen LogP contribution in [0.5, 0.6) is 5.75 Å². The van der Waals surface area contributed by atoms with Crippen LogP contribution in [0.1, 0.15) is 18.9 Å². The maximum atomic E-state index is 13.9. The Morgan fingerprint density at radius 2 is 1.83 bits per heavy atom. The summed E-state index contributed by atoms with van der Waals surface area (Å²) in [5, 5.41) is 0. The Bertz CT molecular complexity index is 992. The van der Waals surface area contributed by atoms with E-state index in [9.17, 15) is 17.6 Å². The van der Waals surface area contributed by atoms with E-state index in [1.165, 1.54) is 12.1 Å². The van der Waals surface area contributed by atoms with Gasteiger partial charge in [0.2, 0.25) is 0 Å². The zero-order valence-electron chi connectivity index (χ0n) is 17.4.